The van der Waals surface area contributed by atoms with Gasteiger partial charge in [-0.25, -0.2) is 0 Å². The van der Waals surface area contributed by atoms with Crippen molar-refractivity contribution in [2.24, 2.45) is 0 Å². The summed E-state index contributed by atoms with van der Waals surface area (Å²) in [6, 6.07) is 8.88. The largest absolute Gasteiger partial charge is 0.0885 e. The standard InChI is InChI=1S/2C14H12.2C5H8/c2*1-3-7-13-11(5-1)9-10-12-6-2-4-8-14(12)13;2*1-2-4-5-3-1/h3-10H,1-2H2;1-2,5-10H,3-4H2;2*1-2H,3-5H2. The lowest BCUT2D eigenvalue weighted by atomic mass is 9.95. The lowest BCUT2D eigenvalue weighted by Gasteiger charge is -2.09. The molecule has 0 fully saturated rings. The van der Waals surface area contributed by atoms with Gasteiger partial charge in [-0.15, -0.1) is 0 Å². The van der Waals surface area contributed by atoms with Gasteiger partial charge in [0.2, 0.25) is 0 Å². The lowest BCUT2D eigenvalue weighted by molar-refractivity contribution is 0.929. The van der Waals surface area contributed by atoms with Crippen molar-refractivity contribution < 1.29 is 0 Å². The van der Waals surface area contributed by atoms with Gasteiger partial charge >= 0.3 is 0 Å². The molecule has 192 valence electrons. The molecule has 0 N–H and O–H groups in total. The number of fused-ring (bicyclic) bond motifs is 6. The SMILES string of the molecule is C1=CCCC1.C1=CCCC1.C1=Cc2c3c(ccc2=CC1)=CCC=C3.C1=Cc2ccc3c(c2=CC1)=CCC=C3. The summed E-state index contributed by atoms with van der Waals surface area (Å²) in [4.78, 5) is 0. The van der Waals surface area contributed by atoms with Crippen LogP contribution < -0.4 is 20.9 Å². The second kappa shape index (κ2) is 13.8. The molecule has 8 rings (SSSR count). The van der Waals surface area contributed by atoms with E-state index in [1.807, 2.05) is 0 Å². The van der Waals surface area contributed by atoms with Crippen LogP contribution in [-0.4, -0.2) is 0 Å². The molecule has 0 heteroatoms. The van der Waals surface area contributed by atoms with Gasteiger partial charge in [-0.3, -0.25) is 0 Å². The molecular formula is C38H40. The summed E-state index contributed by atoms with van der Waals surface area (Å²) in [6.07, 6.45) is 48.3. The molecule has 0 amide bonds. The van der Waals surface area contributed by atoms with Gasteiger partial charge in [0.05, 0.1) is 0 Å². The number of hydrogen-bond acceptors (Lipinski definition) is 0. The molecule has 0 saturated heterocycles. The van der Waals surface area contributed by atoms with E-state index in [1.54, 1.807) is 0 Å². The number of hydrogen-bond donors (Lipinski definition) is 0. The van der Waals surface area contributed by atoms with Gasteiger partial charge in [0, 0.05) is 0 Å². The minimum absolute atomic E-state index is 1.07. The van der Waals surface area contributed by atoms with Gasteiger partial charge < -0.3 is 0 Å². The Morgan fingerprint density at radius 1 is 0.368 bits per heavy atom. The van der Waals surface area contributed by atoms with E-state index in [1.165, 1.54) is 81.7 Å². The highest BCUT2D eigenvalue weighted by Crippen LogP contribution is 2.12. The van der Waals surface area contributed by atoms with Gasteiger partial charge in [-0.1, -0.05) is 121 Å². The highest BCUT2D eigenvalue weighted by atomic mass is 14.1. The van der Waals surface area contributed by atoms with Crippen LogP contribution >= 0.6 is 0 Å². The van der Waals surface area contributed by atoms with Crippen LogP contribution in [0.25, 0.3) is 48.6 Å². The van der Waals surface area contributed by atoms with Gasteiger partial charge in [0.15, 0.2) is 0 Å². The number of benzene rings is 2. The van der Waals surface area contributed by atoms with E-state index in [0.717, 1.165) is 25.7 Å². The molecular weight excluding hydrogens is 456 g/mol. The molecule has 0 heterocycles. The van der Waals surface area contributed by atoms with Gasteiger partial charge in [-0.2, -0.15) is 0 Å². The maximum absolute atomic E-state index is 2.32. The van der Waals surface area contributed by atoms with Crippen molar-refractivity contribution >= 4 is 48.6 Å². The predicted octanol–water partition coefficient (Wildman–Crippen LogP) is 7.62. The highest BCUT2D eigenvalue weighted by molar-refractivity contribution is 5.71. The highest BCUT2D eigenvalue weighted by Gasteiger charge is 2.05. The monoisotopic (exact) mass is 496 g/mol. The van der Waals surface area contributed by atoms with Crippen LogP contribution in [0.3, 0.4) is 0 Å². The zero-order valence-electron chi connectivity index (χ0n) is 22.6. The van der Waals surface area contributed by atoms with E-state index in [2.05, 4.69) is 121 Å². The second-order valence-electron chi connectivity index (χ2n) is 10.3. The van der Waals surface area contributed by atoms with Gasteiger partial charge in [-0.05, 0) is 107 Å². The van der Waals surface area contributed by atoms with Crippen LogP contribution in [0.4, 0.5) is 0 Å². The molecule has 0 spiro atoms. The lowest BCUT2D eigenvalue weighted by Crippen LogP contribution is -2.31. The normalized spacial score (nSPS) is 17.7. The second-order valence-corrected chi connectivity index (χ2v) is 10.3. The van der Waals surface area contributed by atoms with E-state index in [0.29, 0.717) is 0 Å². The fourth-order valence-corrected chi connectivity index (χ4v) is 5.52. The first-order valence-corrected chi connectivity index (χ1v) is 14.5. The van der Waals surface area contributed by atoms with E-state index in [4.69, 9.17) is 0 Å². The third-order valence-electron chi connectivity index (χ3n) is 7.55. The Hall–Kier alpha value is -3.64. The Morgan fingerprint density at radius 2 is 0.763 bits per heavy atom. The first-order chi connectivity index (χ1) is 18.9. The Labute approximate surface area is 228 Å². The summed E-state index contributed by atoms with van der Waals surface area (Å²) in [5.41, 5.74) is 5.50. The summed E-state index contributed by atoms with van der Waals surface area (Å²) < 4.78 is 0. The van der Waals surface area contributed by atoms with Gasteiger partial charge in [0.1, 0.15) is 0 Å². The molecule has 0 unspecified atom stereocenters. The van der Waals surface area contributed by atoms with Crippen LogP contribution in [0.2, 0.25) is 0 Å². The molecule has 2 aromatic rings. The average molecular weight is 497 g/mol. The van der Waals surface area contributed by atoms with Crippen molar-refractivity contribution in [2.45, 2.75) is 64.2 Å². The van der Waals surface area contributed by atoms with Crippen molar-refractivity contribution in [1.29, 1.82) is 0 Å². The molecule has 0 aliphatic heterocycles. The molecule has 6 aliphatic rings. The fourth-order valence-electron chi connectivity index (χ4n) is 5.52. The maximum atomic E-state index is 2.32. The number of rotatable bonds is 0. The van der Waals surface area contributed by atoms with E-state index in [-0.39, 0.29) is 0 Å². The van der Waals surface area contributed by atoms with Crippen molar-refractivity contribution in [1.82, 2.24) is 0 Å². The number of allylic oxidation sites excluding steroid dienone is 8. The van der Waals surface area contributed by atoms with E-state index < -0.39 is 0 Å². The van der Waals surface area contributed by atoms with Crippen LogP contribution in [-0.2, 0) is 0 Å². The molecule has 6 aliphatic carbocycles. The molecule has 0 aromatic heterocycles. The van der Waals surface area contributed by atoms with E-state index in [9.17, 15) is 0 Å². The molecule has 0 nitrogen and oxygen atoms in total. The quantitative estimate of drug-likeness (QED) is 0.329. The van der Waals surface area contributed by atoms with E-state index >= 15 is 0 Å². The fraction of sp³-hybridized carbons (Fsp3) is 0.263. The minimum atomic E-state index is 1.07. The molecule has 0 saturated carbocycles. The molecule has 0 bridgehead atoms. The topological polar surface area (TPSA) is 0 Å². The Bertz CT molecular complexity index is 1420. The van der Waals surface area contributed by atoms with Gasteiger partial charge in [0.25, 0.3) is 0 Å². The average Bonchev–Trinajstić information content (AvgIpc) is 3.78. The Kier molecular flexibility index (Phi) is 9.42. The maximum Gasteiger partial charge on any atom is -0.0112 e. The summed E-state index contributed by atoms with van der Waals surface area (Å²) in [6.45, 7) is 0. The first-order valence-electron chi connectivity index (χ1n) is 14.5. The Morgan fingerprint density at radius 3 is 1.16 bits per heavy atom. The van der Waals surface area contributed by atoms with Crippen LogP contribution in [0.15, 0.2) is 72.9 Å². The molecule has 0 radical (unpaired) electrons. The van der Waals surface area contributed by atoms with Crippen LogP contribution in [0, 0.1) is 0 Å². The smallest absolute Gasteiger partial charge is 0.0112 e. The summed E-state index contributed by atoms with van der Waals surface area (Å²) in [7, 11) is 0. The Balaban J connectivity index is 0.000000115. The zero-order valence-corrected chi connectivity index (χ0v) is 22.6. The third-order valence-corrected chi connectivity index (χ3v) is 7.55. The summed E-state index contributed by atoms with van der Waals surface area (Å²) in [5.74, 6) is 0. The summed E-state index contributed by atoms with van der Waals surface area (Å²) >= 11 is 0. The molecule has 0 atom stereocenters. The van der Waals surface area contributed by atoms with Crippen molar-refractivity contribution in [3.63, 3.8) is 0 Å². The van der Waals surface area contributed by atoms with Crippen molar-refractivity contribution in [3.05, 3.63) is 116 Å². The van der Waals surface area contributed by atoms with Crippen LogP contribution in [0.5, 0.6) is 0 Å². The predicted molar refractivity (Wildman–Crippen MR) is 170 cm³/mol. The molecule has 38 heavy (non-hydrogen) atoms. The van der Waals surface area contributed by atoms with Crippen molar-refractivity contribution in [3.8, 4) is 0 Å². The molecule has 2 aromatic carbocycles. The minimum Gasteiger partial charge on any atom is -0.0885 e. The van der Waals surface area contributed by atoms with Crippen molar-refractivity contribution in [2.75, 3.05) is 0 Å². The first kappa shape index (κ1) is 26.0. The third kappa shape index (κ3) is 6.81. The summed E-state index contributed by atoms with van der Waals surface area (Å²) in [5, 5.41) is 5.61. The zero-order chi connectivity index (χ0) is 25.8. The van der Waals surface area contributed by atoms with Crippen LogP contribution in [0.1, 0.15) is 86.5 Å².